The van der Waals surface area contributed by atoms with E-state index in [1.807, 2.05) is 25.1 Å². The molecule has 0 radical (unpaired) electrons. The summed E-state index contributed by atoms with van der Waals surface area (Å²) >= 11 is 8.24. The highest BCUT2D eigenvalue weighted by Crippen LogP contribution is 2.46. The van der Waals surface area contributed by atoms with Gasteiger partial charge in [0, 0.05) is 75.3 Å². The van der Waals surface area contributed by atoms with Gasteiger partial charge in [-0.25, -0.2) is 24.1 Å². The number of carboxylic acids is 1. The maximum absolute atomic E-state index is 14.8. The number of fused-ring (bicyclic) bond motifs is 1. The molecule has 8 rings (SSSR count). The summed E-state index contributed by atoms with van der Waals surface area (Å²) in [6.07, 6.45) is 4.59. The Kier molecular flexibility index (Phi) is 13.3. The maximum Gasteiger partial charge on any atom is 0.345 e. The lowest BCUT2D eigenvalue weighted by Crippen LogP contribution is -2.45. The summed E-state index contributed by atoms with van der Waals surface area (Å²) < 4.78 is 44.4. The first-order chi connectivity index (χ1) is 30.2. The number of hydrogen-bond acceptors (Lipinski definition) is 13. The lowest BCUT2D eigenvalue weighted by atomic mass is 9.87. The molecule has 2 aliphatic rings. The van der Waals surface area contributed by atoms with Gasteiger partial charge in [-0.05, 0) is 85.0 Å². The van der Waals surface area contributed by atoms with Crippen molar-refractivity contribution in [2.24, 2.45) is 0 Å². The predicted molar refractivity (Wildman–Crippen MR) is 236 cm³/mol. The van der Waals surface area contributed by atoms with E-state index in [1.54, 1.807) is 55.0 Å². The van der Waals surface area contributed by atoms with E-state index in [2.05, 4.69) is 36.2 Å². The number of carbonyl (C=O) groups is 1. The number of pyridine rings is 2. The number of ether oxygens (including phenoxy) is 4. The van der Waals surface area contributed by atoms with Gasteiger partial charge in [0.25, 0.3) is 0 Å². The number of nitrogens with zero attached hydrogens (tertiary/aromatic N) is 7. The molecule has 1 fully saturated rings. The molecule has 1 saturated heterocycles. The number of rotatable bonds is 16. The molecule has 2 aromatic carbocycles. The van der Waals surface area contributed by atoms with E-state index in [9.17, 15) is 14.3 Å². The van der Waals surface area contributed by atoms with Crippen LogP contribution in [0.25, 0.3) is 38.3 Å². The number of allylic oxidation sites excluding steroid dienone is 4. The van der Waals surface area contributed by atoms with Gasteiger partial charge in [-0.3, -0.25) is 9.88 Å². The summed E-state index contributed by atoms with van der Waals surface area (Å²) in [6.45, 7) is 7.37. The highest BCUT2D eigenvalue weighted by Gasteiger charge is 2.30. The minimum atomic E-state index is -1.36. The van der Waals surface area contributed by atoms with Crippen LogP contribution in [0.3, 0.4) is 0 Å². The van der Waals surface area contributed by atoms with Gasteiger partial charge < -0.3 is 29.0 Å². The van der Waals surface area contributed by atoms with Crippen LogP contribution in [-0.4, -0.2) is 105 Å². The number of carboxylic acid groups (broad SMARTS) is 1. The molecular weight excluding hydrogens is 833 g/mol. The standard InChI is InChI=1S/C46H45ClFN7O6S/c1-28-33(13-14-36(41(28)47)59-23-22-55-20-18-54(2)19-21-55)39-40-38(26-51-42(39)30-9-6-10-31(48)24-30)62-53-45(40)61-37(46(56)57)25-29-8-4-5-12-35(29)60-27-32-15-17-49-43(52-32)34-11-7-16-50-44(34)58-3/h4-12,15-17,24,26,37H,13-14,18-23,25,27H2,1-3H3,(H,56,57)/t37-/m1/s1. The molecule has 4 aromatic heterocycles. The average molecular weight is 878 g/mol. The zero-order valence-electron chi connectivity index (χ0n) is 34.5. The molecular formula is C46H45ClFN7O6S. The number of halogens is 2. The van der Waals surface area contributed by atoms with Gasteiger partial charge >= 0.3 is 5.97 Å². The molecule has 6 aromatic rings. The summed E-state index contributed by atoms with van der Waals surface area (Å²) in [5.74, 6) is 0.528. The predicted octanol–water partition coefficient (Wildman–Crippen LogP) is 8.29. The van der Waals surface area contributed by atoms with Crippen LogP contribution in [0.1, 0.15) is 36.6 Å². The molecule has 62 heavy (non-hydrogen) atoms. The van der Waals surface area contributed by atoms with Crippen LogP contribution >= 0.6 is 23.1 Å². The molecule has 0 spiro atoms. The van der Waals surface area contributed by atoms with Crippen molar-refractivity contribution in [3.05, 3.63) is 124 Å². The van der Waals surface area contributed by atoms with Crippen molar-refractivity contribution in [2.45, 2.75) is 38.9 Å². The molecule has 0 saturated carbocycles. The average Bonchev–Trinajstić information content (AvgIpc) is 3.70. The van der Waals surface area contributed by atoms with Crippen LogP contribution < -0.4 is 14.2 Å². The maximum atomic E-state index is 14.8. The molecule has 0 bridgehead atoms. The van der Waals surface area contributed by atoms with Gasteiger partial charge in [-0.1, -0.05) is 41.9 Å². The Bertz CT molecular complexity index is 2650. The quantitative estimate of drug-likeness (QED) is 0.0997. The number of aromatic nitrogens is 5. The summed E-state index contributed by atoms with van der Waals surface area (Å²) in [5.41, 5.74) is 5.19. The zero-order valence-corrected chi connectivity index (χ0v) is 36.1. The van der Waals surface area contributed by atoms with Crippen LogP contribution in [-0.2, 0) is 22.6 Å². The third-order valence-corrected chi connectivity index (χ3v) is 12.3. The molecule has 320 valence electrons. The van der Waals surface area contributed by atoms with E-state index in [4.69, 9.17) is 35.5 Å². The summed E-state index contributed by atoms with van der Waals surface area (Å²) in [5, 5.41) is 11.7. The number of benzene rings is 2. The van der Waals surface area contributed by atoms with E-state index in [0.29, 0.717) is 85.7 Å². The van der Waals surface area contributed by atoms with E-state index in [1.165, 1.54) is 19.2 Å². The Morgan fingerprint density at radius 1 is 0.968 bits per heavy atom. The Labute approximate surface area is 367 Å². The molecule has 1 aliphatic heterocycles. The second kappa shape index (κ2) is 19.4. The number of methoxy groups -OCH3 is 1. The number of para-hydroxylation sites is 1. The normalized spacial score (nSPS) is 15.5. The van der Waals surface area contributed by atoms with E-state index in [0.717, 1.165) is 61.2 Å². The van der Waals surface area contributed by atoms with E-state index >= 15 is 0 Å². The van der Waals surface area contributed by atoms with Gasteiger partial charge in [0.1, 0.15) is 30.5 Å². The zero-order chi connectivity index (χ0) is 43.2. The number of aliphatic carboxylic acids is 1. The van der Waals surface area contributed by atoms with E-state index in [-0.39, 0.29) is 18.9 Å². The lowest BCUT2D eigenvalue weighted by molar-refractivity contribution is -0.145. The fourth-order valence-electron chi connectivity index (χ4n) is 7.64. The molecule has 16 heteroatoms. The molecule has 1 atom stereocenters. The van der Waals surface area contributed by atoms with Crippen molar-refractivity contribution < 1.29 is 33.2 Å². The topological polar surface area (TPSA) is 145 Å². The van der Waals surface area contributed by atoms with Crippen molar-refractivity contribution in [1.29, 1.82) is 0 Å². The second-order valence-corrected chi connectivity index (χ2v) is 16.2. The van der Waals surface area contributed by atoms with Crippen molar-refractivity contribution in [3.8, 4) is 40.2 Å². The Morgan fingerprint density at radius 3 is 2.61 bits per heavy atom. The summed E-state index contributed by atoms with van der Waals surface area (Å²) in [7, 11) is 3.67. The first kappa shape index (κ1) is 42.7. The van der Waals surface area contributed by atoms with Crippen molar-refractivity contribution >= 4 is 44.8 Å². The van der Waals surface area contributed by atoms with Gasteiger partial charge in [0.15, 0.2) is 5.82 Å². The van der Waals surface area contributed by atoms with Crippen LogP contribution in [0.15, 0.2) is 102 Å². The molecule has 13 nitrogen and oxygen atoms in total. The highest BCUT2D eigenvalue weighted by atomic mass is 35.5. The van der Waals surface area contributed by atoms with Gasteiger partial charge in [-0.15, -0.1) is 0 Å². The second-order valence-electron chi connectivity index (χ2n) is 15.0. The molecule has 0 unspecified atom stereocenters. The summed E-state index contributed by atoms with van der Waals surface area (Å²) in [4.78, 5) is 35.8. The van der Waals surface area contributed by atoms with Crippen molar-refractivity contribution in [3.63, 3.8) is 0 Å². The number of piperazine rings is 1. The number of hydrogen-bond donors (Lipinski definition) is 1. The van der Waals surface area contributed by atoms with Gasteiger partial charge in [0.05, 0.1) is 39.2 Å². The molecule has 1 N–H and O–H groups in total. The fraction of sp³-hybridized carbons (Fsp3) is 0.304. The van der Waals surface area contributed by atoms with Crippen molar-refractivity contribution in [1.82, 2.24) is 34.1 Å². The van der Waals surface area contributed by atoms with Gasteiger partial charge in [-0.2, -0.15) is 4.37 Å². The smallest absolute Gasteiger partial charge is 0.345 e. The monoisotopic (exact) mass is 877 g/mol. The lowest BCUT2D eigenvalue weighted by Gasteiger charge is -2.32. The minimum absolute atomic E-state index is 0.0469. The Hall–Kier alpha value is -6.00. The largest absolute Gasteiger partial charge is 0.495 e. The minimum Gasteiger partial charge on any atom is -0.495 e. The van der Waals surface area contributed by atoms with Crippen LogP contribution in [0.4, 0.5) is 4.39 Å². The number of likely N-dealkylation sites (N-methyl/N-ethyl adjacent to an activating group) is 1. The van der Waals surface area contributed by atoms with Gasteiger partial charge in [0.2, 0.25) is 17.9 Å². The third-order valence-electron chi connectivity index (χ3n) is 11.0. The first-order valence-corrected chi connectivity index (χ1v) is 21.4. The van der Waals surface area contributed by atoms with Crippen LogP contribution in [0.5, 0.6) is 17.5 Å². The fourth-order valence-corrected chi connectivity index (χ4v) is 8.60. The van der Waals surface area contributed by atoms with Crippen LogP contribution in [0, 0.1) is 5.82 Å². The molecule has 1 aliphatic carbocycles. The Morgan fingerprint density at radius 2 is 1.81 bits per heavy atom. The summed E-state index contributed by atoms with van der Waals surface area (Å²) in [6, 6.07) is 18.8. The first-order valence-electron chi connectivity index (χ1n) is 20.3. The molecule has 0 amide bonds. The molecule has 5 heterocycles. The van der Waals surface area contributed by atoms with E-state index < -0.39 is 17.9 Å². The van der Waals surface area contributed by atoms with Crippen molar-refractivity contribution in [2.75, 3.05) is 53.5 Å². The Balaban J connectivity index is 1.08. The third kappa shape index (κ3) is 9.55. The highest BCUT2D eigenvalue weighted by molar-refractivity contribution is 7.13. The SMILES string of the molecule is COc1ncccc1-c1nccc(COc2ccccc2C[C@@H](Oc2nsc3cnc(-c4cccc(F)c4)c(C4=C(C)C(Cl)=C(OCCN5CCN(C)CC5)CC4)c23)C(=O)O)n1. The van der Waals surface area contributed by atoms with Crippen LogP contribution in [0.2, 0.25) is 0 Å².